The number of nitro groups is 1. The molecule has 3 rings (SSSR count). The lowest BCUT2D eigenvalue weighted by Crippen LogP contribution is -2.49. The summed E-state index contributed by atoms with van der Waals surface area (Å²) in [6, 6.07) is 23.0. The van der Waals surface area contributed by atoms with Crippen molar-refractivity contribution in [3.05, 3.63) is 101 Å². The molecule has 0 fully saturated rings. The average Bonchev–Trinajstić information content (AvgIpc) is 2.86. The molecule has 0 aliphatic rings. The van der Waals surface area contributed by atoms with E-state index in [0.29, 0.717) is 11.3 Å². The number of hydrogen-bond donors (Lipinski definition) is 3. The standard InChI is InChI=1S/C24H20N4O5S/c29-22(14-9-17-5-4-8-20(15-17)28(31)32)25-24(34)27-26-23(30)16-33-21-12-10-19(11-13-21)18-6-2-1-3-7-18/h1-15H,16H2,(H,26,30)(H2,25,27,29,34)/b14-9+. The number of carbonyl (C=O) groups excluding carboxylic acids is 2. The van der Waals surface area contributed by atoms with Crippen LogP contribution in [0.4, 0.5) is 5.69 Å². The maximum absolute atomic E-state index is 12.0. The van der Waals surface area contributed by atoms with Crippen LogP contribution in [0.1, 0.15) is 5.56 Å². The summed E-state index contributed by atoms with van der Waals surface area (Å²) in [5, 5.41) is 13.0. The van der Waals surface area contributed by atoms with Gasteiger partial charge in [0.15, 0.2) is 11.7 Å². The van der Waals surface area contributed by atoms with E-state index < -0.39 is 16.7 Å². The summed E-state index contributed by atoms with van der Waals surface area (Å²) in [6.07, 6.45) is 2.57. The van der Waals surface area contributed by atoms with Crippen LogP contribution in [0, 0.1) is 10.1 Å². The van der Waals surface area contributed by atoms with Gasteiger partial charge in [-0.1, -0.05) is 54.6 Å². The minimum absolute atomic E-state index is 0.0863. The third-order valence-electron chi connectivity index (χ3n) is 4.39. The number of nitrogens with one attached hydrogen (secondary N) is 3. The third-order valence-corrected chi connectivity index (χ3v) is 4.60. The summed E-state index contributed by atoms with van der Waals surface area (Å²) in [4.78, 5) is 34.2. The molecular formula is C24H20N4O5S. The van der Waals surface area contributed by atoms with Gasteiger partial charge in [-0.25, -0.2) is 0 Å². The number of nitro benzene ring substituents is 1. The highest BCUT2D eigenvalue weighted by Crippen LogP contribution is 2.22. The van der Waals surface area contributed by atoms with Crippen LogP contribution in [0.25, 0.3) is 17.2 Å². The molecule has 0 aliphatic carbocycles. The Hall–Kier alpha value is -4.57. The van der Waals surface area contributed by atoms with Crippen molar-refractivity contribution < 1.29 is 19.2 Å². The Morgan fingerprint density at radius 3 is 2.35 bits per heavy atom. The largest absolute Gasteiger partial charge is 0.484 e. The van der Waals surface area contributed by atoms with Crippen LogP contribution in [-0.4, -0.2) is 28.5 Å². The normalized spacial score (nSPS) is 10.4. The lowest BCUT2D eigenvalue weighted by molar-refractivity contribution is -0.384. The maximum atomic E-state index is 12.0. The SMILES string of the molecule is O=C(/C=C/c1cccc([N+](=O)[O-])c1)NC(=S)NNC(=O)COc1ccc(-c2ccccc2)cc1. The van der Waals surface area contributed by atoms with E-state index in [1.165, 1.54) is 24.3 Å². The molecule has 0 spiro atoms. The Morgan fingerprint density at radius 2 is 1.65 bits per heavy atom. The summed E-state index contributed by atoms with van der Waals surface area (Å²) in [5.41, 5.74) is 7.21. The smallest absolute Gasteiger partial charge is 0.276 e. The van der Waals surface area contributed by atoms with Gasteiger partial charge < -0.3 is 4.74 Å². The average molecular weight is 477 g/mol. The van der Waals surface area contributed by atoms with Gasteiger partial charge in [0.05, 0.1) is 4.92 Å². The fraction of sp³-hybridized carbons (Fsp3) is 0.0417. The van der Waals surface area contributed by atoms with Gasteiger partial charge in [-0.3, -0.25) is 35.9 Å². The van der Waals surface area contributed by atoms with Crippen molar-refractivity contribution in [2.24, 2.45) is 0 Å². The monoisotopic (exact) mass is 476 g/mol. The van der Waals surface area contributed by atoms with E-state index in [9.17, 15) is 19.7 Å². The predicted octanol–water partition coefficient (Wildman–Crippen LogP) is 3.38. The fourth-order valence-corrected chi connectivity index (χ4v) is 2.94. The molecule has 0 unspecified atom stereocenters. The van der Waals surface area contributed by atoms with E-state index in [1.807, 2.05) is 42.5 Å². The lowest BCUT2D eigenvalue weighted by Gasteiger charge is -2.11. The number of benzene rings is 3. The molecule has 3 aromatic rings. The van der Waals surface area contributed by atoms with Gasteiger partial charge in [0.1, 0.15) is 5.75 Å². The van der Waals surface area contributed by atoms with Crippen LogP contribution in [0.15, 0.2) is 84.9 Å². The predicted molar refractivity (Wildman–Crippen MR) is 132 cm³/mol. The van der Waals surface area contributed by atoms with Crippen molar-refractivity contribution in [3.63, 3.8) is 0 Å². The molecule has 0 saturated heterocycles. The minimum atomic E-state index is -0.576. The summed E-state index contributed by atoms with van der Waals surface area (Å²) in [5.74, 6) is -0.555. The van der Waals surface area contributed by atoms with Crippen molar-refractivity contribution in [2.75, 3.05) is 6.61 Å². The van der Waals surface area contributed by atoms with E-state index in [-0.39, 0.29) is 17.4 Å². The molecule has 9 nitrogen and oxygen atoms in total. The van der Waals surface area contributed by atoms with E-state index in [1.54, 1.807) is 18.2 Å². The Bertz CT molecular complexity index is 1210. The molecule has 0 bridgehead atoms. The number of hydrogen-bond acceptors (Lipinski definition) is 6. The number of ether oxygens (including phenoxy) is 1. The molecule has 0 heterocycles. The molecule has 34 heavy (non-hydrogen) atoms. The number of non-ortho nitro benzene ring substituents is 1. The van der Waals surface area contributed by atoms with Gasteiger partial charge in [-0.05, 0) is 47.1 Å². The molecule has 0 aliphatic heterocycles. The van der Waals surface area contributed by atoms with Crippen LogP contribution in [0.5, 0.6) is 5.75 Å². The van der Waals surface area contributed by atoms with Gasteiger partial charge in [0.25, 0.3) is 11.6 Å². The first kappa shape index (κ1) is 24.1. The zero-order chi connectivity index (χ0) is 24.3. The lowest BCUT2D eigenvalue weighted by atomic mass is 10.1. The number of hydrazine groups is 1. The van der Waals surface area contributed by atoms with Crippen LogP contribution in [0.2, 0.25) is 0 Å². The Labute approximate surface area is 200 Å². The summed E-state index contributed by atoms with van der Waals surface area (Å²) in [7, 11) is 0. The molecule has 3 aromatic carbocycles. The van der Waals surface area contributed by atoms with Crippen molar-refractivity contribution >= 4 is 40.9 Å². The Morgan fingerprint density at radius 1 is 0.941 bits per heavy atom. The first-order chi connectivity index (χ1) is 16.4. The second-order valence-electron chi connectivity index (χ2n) is 6.86. The highest BCUT2D eigenvalue weighted by atomic mass is 32.1. The molecule has 2 amide bonds. The van der Waals surface area contributed by atoms with E-state index >= 15 is 0 Å². The van der Waals surface area contributed by atoms with Crippen LogP contribution >= 0.6 is 12.2 Å². The number of amides is 2. The second-order valence-corrected chi connectivity index (χ2v) is 7.26. The number of thiocarbonyl (C=S) groups is 1. The minimum Gasteiger partial charge on any atom is -0.484 e. The van der Waals surface area contributed by atoms with Gasteiger partial charge in [-0.15, -0.1) is 0 Å². The van der Waals surface area contributed by atoms with Gasteiger partial charge in [-0.2, -0.15) is 0 Å². The van der Waals surface area contributed by atoms with Crippen molar-refractivity contribution in [1.29, 1.82) is 0 Å². The van der Waals surface area contributed by atoms with Gasteiger partial charge in [0, 0.05) is 18.2 Å². The first-order valence-electron chi connectivity index (χ1n) is 10.0. The second kappa shape index (κ2) is 11.9. The third kappa shape index (κ3) is 7.53. The molecule has 0 atom stereocenters. The van der Waals surface area contributed by atoms with Gasteiger partial charge >= 0.3 is 0 Å². The highest BCUT2D eigenvalue weighted by molar-refractivity contribution is 7.80. The highest BCUT2D eigenvalue weighted by Gasteiger charge is 2.07. The molecule has 0 saturated carbocycles. The van der Waals surface area contributed by atoms with E-state index in [2.05, 4.69) is 16.2 Å². The quantitative estimate of drug-likeness (QED) is 0.207. The van der Waals surface area contributed by atoms with E-state index in [0.717, 1.165) is 17.2 Å². The molecule has 10 heteroatoms. The number of carbonyl (C=O) groups is 2. The van der Waals surface area contributed by atoms with Crippen molar-refractivity contribution in [1.82, 2.24) is 16.2 Å². The first-order valence-corrected chi connectivity index (χ1v) is 10.4. The molecule has 3 N–H and O–H groups in total. The topological polar surface area (TPSA) is 123 Å². The maximum Gasteiger partial charge on any atom is 0.276 e. The molecule has 172 valence electrons. The zero-order valence-electron chi connectivity index (χ0n) is 17.8. The zero-order valence-corrected chi connectivity index (χ0v) is 18.6. The number of nitrogens with zero attached hydrogens (tertiary/aromatic N) is 1. The summed E-state index contributed by atoms with van der Waals surface area (Å²) >= 11 is 4.95. The van der Waals surface area contributed by atoms with E-state index in [4.69, 9.17) is 17.0 Å². The summed E-state index contributed by atoms with van der Waals surface area (Å²) in [6.45, 7) is -0.263. The summed E-state index contributed by atoms with van der Waals surface area (Å²) < 4.78 is 5.44. The van der Waals surface area contributed by atoms with Crippen LogP contribution in [-0.2, 0) is 9.59 Å². The molecule has 0 radical (unpaired) electrons. The fourth-order valence-electron chi connectivity index (χ4n) is 2.78. The Kier molecular flexibility index (Phi) is 8.42. The van der Waals surface area contributed by atoms with Crippen LogP contribution in [0.3, 0.4) is 0 Å². The van der Waals surface area contributed by atoms with Crippen molar-refractivity contribution in [3.8, 4) is 16.9 Å². The van der Waals surface area contributed by atoms with Gasteiger partial charge in [0.2, 0.25) is 5.91 Å². The molecule has 0 aromatic heterocycles. The van der Waals surface area contributed by atoms with Crippen molar-refractivity contribution in [2.45, 2.75) is 0 Å². The molecular weight excluding hydrogens is 456 g/mol. The number of rotatable bonds is 7. The van der Waals surface area contributed by atoms with Crippen LogP contribution < -0.4 is 20.9 Å². The Balaban J connectivity index is 1.39.